The molecule has 1 aromatic rings. The first-order valence-electron chi connectivity index (χ1n) is 8.40. The minimum atomic E-state index is -1.15. The van der Waals surface area contributed by atoms with Crippen LogP contribution in [0.15, 0.2) is 12.1 Å². The molecule has 140 valence electrons. The van der Waals surface area contributed by atoms with E-state index in [0.717, 1.165) is 16.7 Å². The molecule has 0 aliphatic carbocycles. The number of β-amino-alcohol motifs (C(OH)–C–C–N with tert-alkyl or cyclic N) is 1. The van der Waals surface area contributed by atoms with E-state index in [-0.39, 0.29) is 25.7 Å². The van der Waals surface area contributed by atoms with Crippen molar-refractivity contribution in [1.82, 2.24) is 10.2 Å². The molecule has 7 heteroatoms. The van der Waals surface area contributed by atoms with E-state index < -0.39 is 5.60 Å². The van der Waals surface area contributed by atoms with Gasteiger partial charge < -0.3 is 25.0 Å². The maximum atomic E-state index is 11.6. The van der Waals surface area contributed by atoms with Crippen LogP contribution in [0, 0.1) is 13.8 Å². The van der Waals surface area contributed by atoms with E-state index in [2.05, 4.69) is 10.2 Å². The van der Waals surface area contributed by atoms with Gasteiger partial charge in [-0.05, 0) is 30.5 Å². The molecule has 2 rings (SSSR count). The van der Waals surface area contributed by atoms with Crippen molar-refractivity contribution in [2.75, 3.05) is 46.6 Å². The van der Waals surface area contributed by atoms with Crippen LogP contribution in [0.5, 0.6) is 5.75 Å². The number of nitrogens with one attached hydrogen (secondary N) is 1. The SMILES string of the molecule is COCC(=O)NC[C@]1(O)COCCN(Cc2cc(C)c(O)c(C)c2)C1. The molecule has 1 aliphatic rings. The molecule has 1 fully saturated rings. The minimum absolute atomic E-state index is 0.0350. The number of benzene rings is 1. The summed E-state index contributed by atoms with van der Waals surface area (Å²) in [5.74, 6) is 0.0526. The zero-order chi connectivity index (χ0) is 18.4. The summed E-state index contributed by atoms with van der Waals surface area (Å²) in [6.07, 6.45) is 0. The van der Waals surface area contributed by atoms with Crippen molar-refractivity contribution in [1.29, 1.82) is 0 Å². The average Bonchev–Trinajstić information content (AvgIpc) is 2.73. The van der Waals surface area contributed by atoms with Crippen molar-refractivity contribution in [3.63, 3.8) is 0 Å². The van der Waals surface area contributed by atoms with E-state index >= 15 is 0 Å². The minimum Gasteiger partial charge on any atom is -0.507 e. The number of hydrogen-bond acceptors (Lipinski definition) is 6. The van der Waals surface area contributed by atoms with Gasteiger partial charge in [-0.25, -0.2) is 0 Å². The fraction of sp³-hybridized carbons (Fsp3) is 0.611. The summed E-state index contributed by atoms with van der Waals surface area (Å²) in [6, 6.07) is 3.90. The van der Waals surface area contributed by atoms with Crippen LogP contribution in [0.1, 0.15) is 16.7 Å². The molecule has 7 nitrogen and oxygen atoms in total. The smallest absolute Gasteiger partial charge is 0.246 e. The molecule has 1 aromatic carbocycles. The topological polar surface area (TPSA) is 91.3 Å². The van der Waals surface area contributed by atoms with Crippen LogP contribution in [0.25, 0.3) is 0 Å². The number of nitrogens with zero attached hydrogens (tertiary/aromatic N) is 1. The molecule has 1 aliphatic heterocycles. The van der Waals surface area contributed by atoms with Gasteiger partial charge in [-0.15, -0.1) is 0 Å². The summed E-state index contributed by atoms with van der Waals surface area (Å²) in [5, 5.41) is 23.4. The van der Waals surface area contributed by atoms with Gasteiger partial charge in [-0.3, -0.25) is 9.69 Å². The van der Waals surface area contributed by atoms with Crippen molar-refractivity contribution in [3.05, 3.63) is 28.8 Å². The van der Waals surface area contributed by atoms with Gasteiger partial charge in [0.05, 0.1) is 13.2 Å². The summed E-state index contributed by atoms with van der Waals surface area (Å²) in [5.41, 5.74) is 1.59. The Bertz CT molecular complexity index is 584. The highest BCUT2D eigenvalue weighted by Crippen LogP contribution is 2.24. The van der Waals surface area contributed by atoms with Gasteiger partial charge in [-0.2, -0.15) is 0 Å². The van der Waals surface area contributed by atoms with Crippen LogP contribution in [-0.4, -0.2) is 73.2 Å². The molecule has 0 bridgehead atoms. The normalized spacial score (nSPS) is 21.8. The van der Waals surface area contributed by atoms with E-state index in [4.69, 9.17) is 9.47 Å². The number of amides is 1. The standard InChI is InChI=1S/C18H28N2O5/c1-13-6-15(7-14(2)17(13)22)8-20-4-5-25-12-18(23,11-20)10-19-16(21)9-24-3/h6-7,22-23H,4-5,8-12H2,1-3H3,(H,19,21)/t18-/m1/s1. The predicted octanol–water partition coefficient (Wildman–Crippen LogP) is 0.335. The Labute approximate surface area is 148 Å². The molecule has 1 amide bonds. The molecule has 1 atom stereocenters. The van der Waals surface area contributed by atoms with Crippen LogP contribution in [0.3, 0.4) is 0 Å². The van der Waals surface area contributed by atoms with Gasteiger partial charge in [0.25, 0.3) is 0 Å². The zero-order valence-electron chi connectivity index (χ0n) is 15.2. The number of phenolic OH excluding ortho intramolecular Hbond substituents is 1. The molecule has 0 aromatic heterocycles. The Hall–Kier alpha value is -1.67. The number of carbonyl (C=O) groups excluding carboxylic acids is 1. The molecule has 1 heterocycles. The molecule has 0 spiro atoms. The van der Waals surface area contributed by atoms with Crippen molar-refractivity contribution < 1.29 is 24.5 Å². The molecular formula is C18H28N2O5. The second-order valence-electron chi connectivity index (χ2n) is 6.78. The lowest BCUT2D eigenvalue weighted by molar-refractivity contribution is -0.126. The van der Waals surface area contributed by atoms with Crippen molar-refractivity contribution in [3.8, 4) is 5.75 Å². The summed E-state index contributed by atoms with van der Waals surface area (Å²) < 4.78 is 10.3. The van der Waals surface area contributed by atoms with Crippen molar-refractivity contribution >= 4 is 5.91 Å². The molecular weight excluding hydrogens is 324 g/mol. The van der Waals surface area contributed by atoms with Crippen LogP contribution >= 0.6 is 0 Å². The van der Waals surface area contributed by atoms with Crippen LogP contribution in [0.4, 0.5) is 0 Å². The number of aryl methyl sites for hydroxylation is 2. The first kappa shape index (κ1) is 19.7. The number of rotatable bonds is 6. The largest absolute Gasteiger partial charge is 0.507 e. The first-order valence-corrected chi connectivity index (χ1v) is 8.40. The Kier molecular flexibility index (Phi) is 6.78. The van der Waals surface area contributed by atoms with Gasteiger partial charge in [0, 0.05) is 33.3 Å². The lowest BCUT2D eigenvalue weighted by Crippen LogP contribution is -2.52. The Morgan fingerprint density at radius 3 is 2.72 bits per heavy atom. The highest BCUT2D eigenvalue weighted by atomic mass is 16.5. The van der Waals surface area contributed by atoms with E-state index in [0.29, 0.717) is 32.0 Å². The molecule has 0 saturated carbocycles. The highest BCUT2D eigenvalue weighted by molar-refractivity contribution is 5.77. The molecule has 1 saturated heterocycles. The molecule has 0 unspecified atom stereocenters. The molecule has 3 N–H and O–H groups in total. The molecule has 25 heavy (non-hydrogen) atoms. The number of phenols is 1. The number of methoxy groups -OCH3 is 1. The number of carbonyl (C=O) groups is 1. The highest BCUT2D eigenvalue weighted by Gasteiger charge is 2.33. The summed E-state index contributed by atoms with van der Waals surface area (Å²) in [6.45, 7) is 6.23. The van der Waals surface area contributed by atoms with E-state index in [1.807, 2.05) is 26.0 Å². The second-order valence-corrected chi connectivity index (χ2v) is 6.78. The monoisotopic (exact) mass is 352 g/mol. The van der Waals surface area contributed by atoms with Gasteiger partial charge in [0.1, 0.15) is 18.0 Å². The number of hydrogen-bond donors (Lipinski definition) is 3. The third-order valence-electron chi connectivity index (χ3n) is 4.29. The fourth-order valence-corrected chi connectivity index (χ4v) is 3.08. The van der Waals surface area contributed by atoms with Gasteiger partial charge in [-0.1, -0.05) is 12.1 Å². The quantitative estimate of drug-likeness (QED) is 0.684. The van der Waals surface area contributed by atoms with Gasteiger partial charge in [0.15, 0.2) is 0 Å². The number of ether oxygens (including phenoxy) is 2. The Balaban J connectivity index is 2.02. The van der Waals surface area contributed by atoms with Gasteiger partial charge in [0.2, 0.25) is 5.91 Å². The van der Waals surface area contributed by atoms with E-state index in [9.17, 15) is 15.0 Å². The lowest BCUT2D eigenvalue weighted by atomic mass is 10.0. The average molecular weight is 352 g/mol. The van der Waals surface area contributed by atoms with Gasteiger partial charge >= 0.3 is 0 Å². The maximum absolute atomic E-state index is 11.6. The Morgan fingerprint density at radius 2 is 2.08 bits per heavy atom. The molecule has 0 radical (unpaired) electrons. The van der Waals surface area contributed by atoms with Crippen LogP contribution < -0.4 is 5.32 Å². The van der Waals surface area contributed by atoms with E-state index in [1.165, 1.54) is 7.11 Å². The predicted molar refractivity (Wildman–Crippen MR) is 93.5 cm³/mol. The van der Waals surface area contributed by atoms with Crippen LogP contribution in [0.2, 0.25) is 0 Å². The second kappa shape index (κ2) is 8.62. The maximum Gasteiger partial charge on any atom is 0.246 e. The first-order chi connectivity index (χ1) is 11.8. The lowest BCUT2D eigenvalue weighted by Gasteiger charge is -2.31. The number of aromatic hydroxyl groups is 1. The summed E-state index contributed by atoms with van der Waals surface area (Å²) >= 11 is 0. The van der Waals surface area contributed by atoms with E-state index in [1.54, 1.807) is 0 Å². The zero-order valence-corrected chi connectivity index (χ0v) is 15.2. The fourth-order valence-electron chi connectivity index (χ4n) is 3.08. The third-order valence-corrected chi connectivity index (χ3v) is 4.29. The summed E-state index contributed by atoms with van der Waals surface area (Å²) in [7, 11) is 1.45. The van der Waals surface area contributed by atoms with Crippen molar-refractivity contribution in [2.45, 2.75) is 26.0 Å². The summed E-state index contributed by atoms with van der Waals surface area (Å²) in [4.78, 5) is 13.7. The third kappa shape index (κ3) is 5.67. The van der Waals surface area contributed by atoms with Crippen molar-refractivity contribution in [2.24, 2.45) is 0 Å². The van der Waals surface area contributed by atoms with Crippen LogP contribution in [-0.2, 0) is 20.8 Å². The number of aliphatic hydroxyl groups is 1. The Morgan fingerprint density at radius 1 is 1.40 bits per heavy atom.